The number of nitrogens with one attached hydrogen (secondary N) is 1. The van der Waals surface area contributed by atoms with Gasteiger partial charge in [0.1, 0.15) is 11.5 Å². The van der Waals surface area contributed by atoms with Gasteiger partial charge < -0.3 is 9.84 Å². The van der Waals surface area contributed by atoms with Crippen LogP contribution >= 0.6 is 0 Å². The molecular weight excluding hydrogens is 282 g/mol. The third kappa shape index (κ3) is 4.41. The molecule has 0 saturated carbocycles. The van der Waals surface area contributed by atoms with Crippen LogP contribution in [0.25, 0.3) is 0 Å². The maximum atomic E-state index is 11.5. The first-order valence-electron chi connectivity index (χ1n) is 4.68. The second-order valence-electron chi connectivity index (χ2n) is 3.64. The quantitative estimate of drug-likeness (QED) is 0.748. The van der Waals surface area contributed by atoms with Crippen molar-refractivity contribution in [1.29, 1.82) is 0 Å². The van der Waals surface area contributed by atoms with E-state index in [9.17, 15) is 21.9 Å². The molecule has 102 valence electrons. The van der Waals surface area contributed by atoms with E-state index < -0.39 is 24.9 Å². The molecule has 0 aliphatic carbocycles. The average molecular weight is 295 g/mol. The van der Waals surface area contributed by atoms with Gasteiger partial charge in [-0.25, -0.2) is 16.8 Å². The van der Waals surface area contributed by atoms with Gasteiger partial charge in [0.2, 0.25) is 10.0 Å². The normalized spacial score (nSPS) is 12.1. The number of sulfonamides is 1. The van der Waals surface area contributed by atoms with Gasteiger partial charge in [-0.1, -0.05) is 0 Å². The Balaban J connectivity index is 3.04. The van der Waals surface area contributed by atoms with Gasteiger partial charge in [0, 0.05) is 12.3 Å². The standard InChI is InChI=1S/C9H13NO6S2/c1-16-7-3-4-9(11)8(5-7)10-18(14,15)6-17(2,12)13/h3-5,10-11H,6H2,1-2H3. The summed E-state index contributed by atoms with van der Waals surface area (Å²) in [6.45, 7) is 0. The molecule has 7 nitrogen and oxygen atoms in total. The number of sulfone groups is 1. The topological polar surface area (TPSA) is 110 Å². The van der Waals surface area contributed by atoms with E-state index in [1.807, 2.05) is 4.72 Å². The van der Waals surface area contributed by atoms with E-state index >= 15 is 0 Å². The highest BCUT2D eigenvalue weighted by atomic mass is 32.3. The van der Waals surface area contributed by atoms with Crippen LogP contribution in [-0.4, -0.2) is 40.4 Å². The van der Waals surface area contributed by atoms with E-state index in [0.717, 1.165) is 6.26 Å². The lowest BCUT2D eigenvalue weighted by molar-refractivity contribution is 0.413. The van der Waals surface area contributed by atoms with Crippen LogP contribution in [0.4, 0.5) is 5.69 Å². The van der Waals surface area contributed by atoms with E-state index in [2.05, 4.69) is 0 Å². The van der Waals surface area contributed by atoms with Gasteiger partial charge in [0.25, 0.3) is 0 Å². The van der Waals surface area contributed by atoms with E-state index in [4.69, 9.17) is 4.74 Å². The van der Waals surface area contributed by atoms with Crippen LogP contribution in [0.1, 0.15) is 0 Å². The number of hydrogen-bond acceptors (Lipinski definition) is 6. The average Bonchev–Trinajstić information content (AvgIpc) is 2.17. The Hall–Kier alpha value is -1.48. The lowest BCUT2D eigenvalue weighted by atomic mass is 10.3. The van der Waals surface area contributed by atoms with Gasteiger partial charge in [-0.2, -0.15) is 0 Å². The summed E-state index contributed by atoms with van der Waals surface area (Å²) in [6.07, 6.45) is 0.803. The largest absolute Gasteiger partial charge is 0.506 e. The molecule has 0 heterocycles. The molecular formula is C9H13NO6S2. The van der Waals surface area contributed by atoms with Gasteiger partial charge in [0.05, 0.1) is 12.8 Å². The second-order valence-corrected chi connectivity index (χ2v) is 7.87. The van der Waals surface area contributed by atoms with Crippen molar-refractivity contribution < 1.29 is 26.7 Å². The van der Waals surface area contributed by atoms with Crippen LogP contribution in [0.5, 0.6) is 11.5 Å². The fourth-order valence-electron chi connectivity index (χ4n) is 1.20. The molecule has 1 aromatic carbocycles. The van der Waals surface area contributed by atoms with Crippen molar-refractivity contribution in [3.8, 4) is 11.5 Å². The molecule has 9 heteroatoms. The zero-order valence-electron chi connectivity index (χ0n) is 9.74. The molecule has 0 radical (unpaired) electrons. The molecule has 1 aromatic rings. The predicted molar refractivity (Wildman–Crippen MR) is 66.9 cm³/mol. The first kappa shape index (κ1) is 14.6. The highest BCUT2D eigenvalue weighted by Crippen LogP contribution is 2.28. The van der Waals surface area contributed by atoms with Crippen LogP contribution in [-0.2, 0) is 19.9 Å². The molecule has 0 aromatic heterocycles. The van der Waals surface area contributed by atoms with Gasteiger partial charge in [-0.05, 0) is 12.1 Å². The lowest BCUT2D eigenvalue weighted by Crippen LogP contribution is -2.22. The number of aromatic hydroxyl groups is 1. The SMILES string of the molecule is COc1ccc(O)c(NS(=O)(=O)CS(C)(=O)=O)c1. The molecule has 18 heavy (non-hydrogen) atoms. The maximum absolute atomic E-state index is 11.5. The summed E-state index contributed by atoms with van der Waals surface area (Å²) >= 11 is 0. The zero-order chi connectivity index (χ0) is 14.0. The number of benzene rings is 1. The number of phenols is 1. The number of ether oxygens (including phenoxy) is 1. The second kappa shape index (κ2) is 5.02. The fourth-order valence-corrected chi connectivity index (χ4v) is 4.19. The van der Waals surface area contributed by atoms with Crippen LogP contribution in [0, 0.1) is 0 Å². The van der Waals surface area contributed by atoms with Crippen molar-refractivity contribution in [2.24, 2.45) is 0 Å². The summed E-state index contributed by atoms with van der Waals surface area (Å²) in [6, 6.07) is 3.91. The Kier molecular flexibility index (Phi) is 4.07. The summed E-state index contributed by atoms with van der Waals surface area (Å²) < 4.78 is 51.8. The van der Waals surface area contributed by atoms with Crippen molar-refractivity contribution >= 4 is 25.5 Å². The Bertz CT molecular complexity index is 635. The molecule has 0 amide bonds. The van der Waals surface area contributed by atoms with Crippen LogP contribution in [0.2, 0.25) is 0 Å². The minimum Gasteiger partial charge on any atom is -0.506 e. The van der Waals surface area contributed by atoms with Crippen molar-refractivity contribution in [2.45, 2.75) is 0 Å². The minimum atomic E-state index is -4.09. The van der Waals surface area contributed by atoms with Crippen molar-refractivity contribution in [1.82, 2.24) is 0 Å². The third-order valence-corrected chi connectivity index (χ3v) is 5.32. The first-order chi connectivity index (χ1) is 8.13. The van der Waals surface area contributed by atoms with Crippen LogP contribution < -0.4 is 9.46 Å². The summed E-state index contributed by atoms with van der Waals surface area (Å²) in [5.74, 6) is -0.00210. The molecule has 0 atom stereocenters. The van der Waals surface area contributed by atoms with Crippen molar-refractivity contribution in [3.05, 3.63) is 18.2 Å². The number of anilines is 1. The molecule has 0 aliphatic rings. The molecule has 0 aliphatic heterocycles. The van der Waals surface area contributed by atoms with E-state index in [0.29, 0.717) is 5.75 Å². The molecule has 0 bridgehead atoms. The molecule has 2 N–H and O–H groups in total. The van der Waals surface area contributed by atoms with E-state index in [1.165, 1.54) is 25.3 Å². The zero-order valence-corrected chi connectivity index (χ0v) is 11.4. The van der Waals surface area contributed by atoms with Crippen molar-refractivity contribution in [3.63, 3.8) is 0 Å². The summed E-state index contributed by atoms with van der Waals surface area (Å²) in [5, 5.41) is 8.40. The Morgan fingerprint density at radius 1 is 1.28 bits per heavy atom. The van der Waals surface area contributed by atoms with Crippen LogP contribution in [0.15, 0.2) is 18.2 Å². The van der Waals surface area contributed by atoms with Gasteiger partial charge >= 0.3 is 0 Å². The summed E-state index contributed by atoms with van der Waals surface area (Å²) in [7, 11) is -6.41. The highest BCUT2D eigenvalue weighted by molar-refractivity contribution is 8.08. The first-order valence-corrected chi connectivity index (χ1v) is 8.39. The molecule has 0 unspecified atom stereocenters. The fraction of sp³-hybridized carbons (Fsp3) is 0.333. The maximum Gasteiger partial charge on any atom is 0.247 e. The monoisotopic (exact) mass is 295 g/mol. The molecule has 0 saturated heterocycles. The number of rotatable bonds is 5. The molecule has 0 fully saturated rings. The van der Waals surface area contributed by atoms with E-state index in [-0.39, 0.29) is 11.4 Å². The highest BCUT2D eigenvalue weighted by Gasteiger charge is 2.19. The molecule has 1 rings (SSSR count). The third-order valence-electron chi connectivity index (χ3n) is 1.84. The summed E-state index contributed by atoms with van der Waals surface area (Å²) in [4.78, 5) is 0. The Morgan fingerprint density at radius 3 is 2.39 bits per heavy atom. The van der Waals surface area contributed by atoms with Gasteiger partial charge in [-0.15, -0.1) is 0 Å². The lowest BCUT2D eigenvalue weighted by Gasteiger charge is -2.10. The van der Waals surface area contributed by atoms with Gasteiger partial charge in [0.15, 0.2) is 14.9 Å². The minimum absolute atomic E-state index is 0.141. The Labute approximate surface area is 105 Å². The molecule has 0 spiro atoms. The smallest absolute Gasteiger partial charge is 0.247 e. The number of phenolic OH excluding ortho intramolecular Hbond substituents is 1. The Morgan fingerprint density at radius 2 is 1.89 bits per heavy atom. The number of methoxy groups -OCH3 is 1. The number of hydrogen-bond donors (Lipinski definition) is 2. The van der Waals surface area contributed by atoms with Gasteiger partial charge in [-0.3, -0.25) is 4.72 Å². The predicted octanol–water partition coefficient (Wildman–Crippen LogP) is 0.145. The van der Waals surface area contributed by atoms with Crippen LogP contribution in [0.3, 0.4) is 0 Å². The van der Waals surface area contributed by atoms with E-state index in [1.54, 1.807) is 0 Å². The van der Waals surface area contributed by atoms with Crippen molar-refractivity contribution in [2.75, 3.05) is 23.2 Å². The summed E-state index contributed by atoms with van der Waals surface area (Å²) in [5.41, 5.74) is -0.141.